The Bertz CT molecular complexity index is 655. The van der Waals surface area contributed by atoms with Crippen LogP contribution in [0.2, 0.25) is 5.02 Å². The van der Waals surface area contributed by atoms with E-state index in [9.17, 15) is 4.79 Å². The second kappa shape index (κ2) is 7.97. The number of amides is 1. The lowest BCUT2D eigenvalue weighted by atomic mass is 10.1. The summed E-state index contributed by atoms with van der Waals surface area (Å²) in [6.45, 7) is 5.28. The summed E-state index contributed by atoms with van der Waals surface area (Å²) < 4.78 is 0. The van der Waals surface area contributed by atoms with Crippen molar-refractivity contribution in [1.29, 1.82) is 0 Å². The monoisotopic (exact) mass is 316 g/mol. The van der Waals surface area contributed by atoms with Crippen molar-refractivity contribution in [2.75, 3.05) is 11.9 Å². The maximum Gasteiger partial charge on any atom is 0.225 e. The van der Waals surface area contributed by atoms with Crippen LogP contribution in [0.5, 0.6) is 0 Å². The second-order valence-corrected chi connectivity index (χ2v) is 5.79. The molecular formula is C18H21ClN2O. The number of aryl methyl sites for hydroxylation is 2. The minimum absolute atomic E-state index is 0.0142. The number of halogens is 1. The summed E-state index contributed by atoms with van der Waals surface area (Å²) in [5.74, 6) is 0.0142. The fourth-order valence-corrected chi connectivity index (χ4v) is 2.35. The highest BCUT2D eigenvalue weighted by Crippen LogP contribution is 2.16. The van der Waals surface area contributed by atoms with E-state index in [1.807, 2.05) is 56.3 Å². The average Bonchev–Trinajstić information content (AvgIpc) is 2.49. The molecule has 0 unspecified atom stereocenters. The quantitative estimate of drug-likeness (QED) is 0.789. The normalized spacial score (nSPS) is 10.5. The van der Waals surface area contributed by atoms with E-state index in [1.165, 1.54) is 0 Å². The number of benzene rings is 2. The Morgan fingerprint density at radius 3 is 2.68 bits per heavy atom. The number of anilines is 1. The molecular weight excluding hydrogens is 296 g/mol. The molecule has 3 nitrogen and oxygen atoms in total. The van der Waals surface area contributed by atoms with Crippen LogP contribution in [0.3, 0.4) is 0 Å². The summed E-state index contributed by atoms with van der Waals surface area (Å²) in [7, 11) is 0. The van der Waals surface area contributed by atoms with Crippen LogP contribution in [-0.2, 0) is 11.3 Å². The Balaban J connectivity index is 1.76. The van der Waals surface area contributed by atoms with Gasteiger partial charge in [-0.3, -0.25) is 4.79 Å². The first-order valence-electron chi connectivity index (χ1n) is 7.37. The Kier molecular flexibility index (Phi) is 5.99. The third-order valence-electron chi connectivity index (χ3n) is 3.47. The lowest BCUT2D eigenvalue weighted by Crippen LogP contribution is -2.22. The van der Waals surface area contributed by atoms with E-state index in [0.29, 0.717) is 19.5 Å². The smallest absolute Gasteiger partial charge is 0.225 e. The fourth-order valence-electron chi connectivity index (χ4n) is 2.15. The van der Waals surface area contributed by atoms with Gasteiger partial charge in [0.1, 0.15) is 0 Å². The van der Waals surface area contributed by atoms with E-state index in [4.69, 9.17) is 11.6 Å². The molecule has 0 heterocycles. The molecule has 2 aromatic rings. The van der Waals surface area contributed by atoms with Crippen molar-refractivity contribution in [3.63, 3.8) is 0 Å². The molecule has 0 fully saturated rings. The zero-order chi connectivity index (χ0) is 15.9. The topological polar surface area (TPSA) is 41.1 Å². The number of carbonyl (C=O) groups is 1. The van der Waals surface area contributed by atoms with Gasteiger partial charge in [-0.25, -0.2) is 0 Å². The summed E-state index contributed by atoms with van der Waals surface area (Å²) in [6.07, 6.45) is 0.428. The van der Waals surface area contributed by atoms with Crippen LogP contribution in [0.4, 0.5) is 5.69 Å². The molecule has 1 amide bonds. The number of carbonyl (C=O) groups excluding carboxylic acids is 1. The SMILES string of the molecule is Cc1ccc(C)c(NC(=O)CCNCc2ccccc2Cl)c1. The lowest BCUT2D eigenvalue weighted by Gasteiger charge is -2.10. The van der Waals surface area contributed by atoms with Crippen LogP contribution in [0.1, 0.15) is 23.1 Å². The predicted molar refractivity (Wildman–Crippen MR) is 92.3 cm³/mol. The van der Waals surface area contributed by atoms with Crippen LogP contribution in [0.15, 0.2) is 42.5 Å². The predicted octanol–water partition coefficient (Wildman–Crippen LogP) is 4.08. The van der Waals surface area contributed by atoms with Gasteiger partial charge in [-0.2, -0.15) is 0 Å². The Morgan fingerprint density at radius 2 is 1.91 bits per heavy atom. The Hall–Kier alpha value is -1.84. The van der Waals surface area contributed by atoms with Crippen molar-refractivity contribution in [3.05, 3.63) is 64.2 Å². The molecule has 116 valence electrons. The van der Waals surface area contributed by atoms with E-state index < -0.39 is 0 Å². The van der Waals surface area contributed by atoms with Gasteiger partial charge in [0.15, 0.2) is 0 Å². The molecule has 4 heteroatoms. The van der Waals surface area contributed by atoms with Gasteiger partial charge in [0, 0.05) is 30.2 Å². The lowest BCUT2D eigenvalue weighted by molar-refractivity contribution is -0.116. The van der Waals surface area contributed by atoms with Crippen LogP contribution < -0.4 is 10.6 Å². The summed E-state index contributed by atoms with van der Waals surface area (Å²) in [5.41, 5.74) is 4.14. The maximum atomic E-state index is 12.0. The molecule has 0 saturated carbocycles. The van der Waals surface area contributed by atoms with Crippen molar-refractivity contribution in [2.45, 2.75) is 26.8 Å². The molecule has 22 heavy (non-hydrogen) atoms. The third kappa shape index (κ3) is 4.86. The Morgan fingerprint density at radius 1 is 1.14 bits per heavy atom. The highest BCUT2D eigenvalue weighted by molar-refractivity contribution is 6.31. The van der Waals surface area contributed by atoms with Crippen LogP contribution >= 0.6 is 11.6 Å². The number of rotatable bonds is 6. The standard InChI is InChI=1S/C18H21ClN2O/c1-13-7-8-14(2)17(11-13)21-18(22)9-10-20-12-15-5-3-4-6-16(15)19/h3-8,11,20H,9-10,12H2,1-2H3,(H,21,22). The van der Waals surface area contributed by atoms with Gasteiger partial charge >= 0.3 is 0 Å². The highest BCUT2D eigenvalue weighted by atomic mass is 35.5. The molecule has 0 saturated heterocycles. The van der Waals surface area contributed by atoms with Gasteiger partial charge in [-0.05, 0) is 42.7 Å². The highest BCUT2D eigenvalue weighted by Gasteiger charge is 2.05. The largest absolute Gasteiger partial charge is 0.326 e. The van der Waals surface area contributed by atoms with Gasteiger partial charge in [-0.15, -0.1) is 0 Å². The van der Waals surface area contributed by atoms with Crippen molar-refractivity contribution in [1.82, 2.24) is 5.32 Å². The van der Waals surface area contributed by atoms with Crippen molar-refractivity contribution in [3.8, 4) is 0 Å². The van der Waals surface area contributed by atoms with Gasteiger partial charge in [0.05, 0.1) is 0 Å². The molecule has 0 aliphatic carbocycles. The van der Waals surface area contributed by atoms with E-state index >= 15 is 0 Å². The zero-order valence-corrected chi connectivity index (χ0v) is 13.7. The minimum atomic E-state index is 0.0142. The molecule has 0 aromatic heterocycles. The second-order valence-electron chi connectivity index (χ2n) is 5.38. The number of hydrogen-bond acceptors (Lipinski definition) is 2. The molecule has 0 bridgehead atoms. The average molecular weight is 317 g/mol. The molecule has 2 aromatic carbocycles. The molecule has 0 radical (unpaired) electrons. The van der Waals surface area contributed by atoms with Crippen molar-refractivity contribution < 1.29 is 4.79 Å². The van der Waals surface area contributed by atoms with Crippen LogP contribution in [0.25, 0.3) is 0 Å². The van der Waals surface area contributed by atoms with Crippen molar-refractivity contribution in [2.24, 2.45) is 0 Å². The van der Waals surface area contributed by atoms with E-state index in [0.717, 1.165) is 27.4 Å². The molecule has 0 aliphatic heterocycles. The molecule has 0 aliphatic rings. The maximum absolute atomic E-state index is 12.0. The first-order chi connectivity index (χ1) is 10.6. The van der Waals surface area contributed by atoms with E-state index in [1.54, 1.807) is 0 Å². The number of nitrogens with one attached hydrogen (secondary N) is 2. The fraction of sp³-hybridized carbons (Fsp3) is 0.278. The summed E-state index contributed by atoms with van der Waals surface area (Å²) >= 11 is 6.09. The molecule has 0 atom stereocenters. The summed E-state index contributed by atoms with van der Waals surface area (Å²) in [5, 5.41) is 6.94. The van der Waals surface area contributed by atoms with Gasteiger partial charge in [0.2, 0.25) is 5.91 Å². The van der Waals surface area contributed by atoms with Crippen molar-refractivity contribution >= 4 is 23.2 Å². The van der Waals surface area contributed by atoms with Crippen LogP contribution in [0, 0.1) is 13.8 Å². The Labute approximate surface area is 136 Å². The first-order valence-corrected chi connectivity index (χ1v) is 7.75. The zero-order valence-electron chi connectivity index (χ0n) is 12.9. The van der Waals surface area contributed by atoms with Gasteiger partial charge in [0.25, 0.3) is 0 Å². The van der Waals surface area contributed by atoms with E-state index in [2.05, 4.69) is 10.6 Å². The van der Waals surface area contributed by atoms with E-state index in [-0.39, 0.29) is 5.91 Å². The minimum Gasteiger partial charge on any atom is -0.326 e. The summed E-state index contributed by atoms with van der Waals surface area (Å²) in [6, 6.07) is 13.7. The summed E-state index contributed by atoms with van der Waals surface area (Å²) in [4.78, 5) is 12.0. The molecule has 0 spiro atoms. The first kappa shape index (κ1) is 16.5. The van der Waals surface area contributed by atoms with Gasteiger partial charge < -0.3 is 10.6 Å². The third-order valence-corrected chi connectivity index (χ3v) is 3.84. The van der Waals surface area contributed by atoms with Crippen LogP contribution in [-0.4, -0.2) is 12.5 Å². The van der Waals surface area contributed by atoms with Gasteiger partial charge in [-0.1, -0.05) is 41.9 Å². The number of hydrogen-bond donors (Lipinski definition) is 2. The molecule has 2 rings (SSSR count). The molecule has 2 N–H and O–H groups in total.